The van der Waals surface area contributed by atoms with E-state index in [-0.39, 0.29) is 5.78 Å². The minimum atomic E-state index is 0.0257. The van der Waals surface area contributed by atoms with Crippen LogP contribution in [0.5, 0.6) is 5.75 Å². The first-order chi connectivity index (χ1) is 9.22. The van der Waals surface area contributed by atoms with Crippen LogP contribution >= 0.6 is 0 Å². The third-order valence-electron chi connectivity index (χ3n) is 2.83. The average Bonchev–Trinajstić information content (AvgIpc) is 2.47. The van der Waals surface area contributed by atoms with Crippen LogP contribution in [0.1, 0.15) is 21.5 Å². The summed E-state index contributed by atoms with van der Waals surface area (Å²) in [5.74, 6) is 0.751. The third-order valence-corrected chi connectivity index (χ3v) is 2.83. The van der Waals surface area contributed by atoms with Crippen LogP contribution in [0.3, 0.4) is 0 Å². The molecule has 3 nitrogen and oxygen atoms in total. The summed E-state index contributed by atoms with van der Waals surface area (Å²) in [5.41, 5.74) is 2.06. The van der Waals surface area contributed by atoms with Gasteiger partial charge in [0.1, 0.15) is 5.75 Å². The molecule has 0 bridgehead atoms. The van der Waals surface area contributed by atoms with Crippen molar-refractivity contribution in [2.75, 3.05) is 7.11 Å². The standard InChI is InChI=1S/C16H13NO2/c1-19-15-7-5-14(6-8-15)16(18)10-12-3-2-4-13(9-12)11-17/h2-9H,10H2,1H3. The van der Waals surface area contributed by atoms with E-state index >= 15 is 0 Å². The second kappa shape index (κ2) is 5.83. The van der Waals surface area contributed by atoms with E-state index in [1.54, 1.807) is 49.6 Å². The van der Waals surface area contributed by atoms with E-state index in [2.05, 4.69) is 6.07 Å². The van der Waals surface area contributed by atoms with Gasteiger partial charge in [0.2, 0.25) is 0 Å². The number of ether oxygens (including phenoxy) is 1. The highest BCUT2D eigenvalue weighted by Gasteiger charge is 2.07. The van der Waals surface area contributed by atoms with Gasteiger partial charge < -0.3 is 4.74 Å². The largest absolute Gasteiger partial charge is 0.497 e. The van der Waals surface area contributed by atoms with Crippen molar-refractivity contribution in [3.8, 4) is 11.8 Å². The Hall–Kier alpha value is -2.60. The molecule has 2 aromatic carbocycles. The van der Waals surface area contributed by atoms with Gasteiger partial charge in [-0.2, -0.15) is 5.26 Å². The van der Waals surface area contributed by atoms with Crippen molar-refractivity contribution in [2.45, 2.75) is 6.42 Å². The van der Waals surface area contributed by atoms with Crippen molar-refractivity contribution in [1.29, 1.82) is 5.26 Å². The number of benzene rings is 2. The molecule has 0 aliphatic carbocycles. The molecule has 2 aromatic rings. The Morgan fingerprint density at radius 2 is 1.95 bits per heavy atom. The molecule has 3 heteroatoms. The molecule has 0 aliphatic rings. The van der Waals surface area contributed by atoms with E-state index in [0.717, 1.165) is 11.3 Å². The van der Waals surface area contributed by atoms with Gasteiger partial charge in [-0.15, -0.1) is 0 Å². The minimum absolute atomic E-state index is 0.0257. The summed E-state index contributed by atoms with van der Waals surface area (Å²) in [5, 5.41) is 8.82. The van der Waals surface area contributed by atoms with Gasteiger partial charge in [-0.1, -0.05) is 12.1 Å². The predicted molar refractivity (Wildman–Crippen MR) is 72.2 cm³/mol. The summed E-state index contributed by atoms with van der Waals surface area (Å²) in [6, 6.07) is 16.2. The van der Waals surface area contributed by atoms with Crippen molar-refractivity contribution in [2.24, 2.45) is 0 Å². The van der Waals surface area contributed by atoms with Crippen LogP contribution in [0, 0.1) is 11.3 Å². The second-order valence-electron chi connectivity index (χ2n) is 4.14. The van der Waals surface area contributed by atoms with Gasteiger partial charge >= 0.3 is 0 Å². The SMILES string of the molecule is COc1ccc(C(=O)Cc2cccc(C#N)c2)cc1. The quantitative estimate of drug-likeness (QED) is 0.785. The minimum Gasteiger partial charge on any atom is -0.497 e. The number of nitrogens with zero attached hydrogens (tertiary/aromatic N) is 1. The lowest BCUT2D eigenvalue weighted by Crippen LogP contribution is -2.03. The molecule has 0 atom stereocenters. The molecule has 0 radical (unpaired) electrons. The molecule has 0 N–H and O–H groups in total. The third kappa shape index (κ3) is 3.20. The molecule has 0 heterocycles. The van der Waals surface area contributed by atoms with E-state index in [0.29, 0.717) is 17.5 Å². The van der Waals surface area contributed by atoms with Gasteiger partial charge in [0.15, 0.2) is 5.78 Å². The van der Waals surface area contributed by atoms with Crippen LogP contribution in [0.15, 0.2) is 48.5 Å². The van der Waals surface area contributed by atoms with E-state index < -0.39 is 0 Å². The molecule has 0 saturated heterocycles. The van der Waals surface area contributed by atoms with Gasteiger partial charge in [0.05, 0.1) is 18.7 Å². The Morgan fingerprint density at radius 3 is 2.58 bits per heavy atom. The predicted octanol–water partition coefficient (Wildman–Crippen LogP) is 2.99. The lowest BCUT2D eigenvalue weighted by atomic mass is 10.0. The molecule has 0 amide bonds. The number of hydrogen-bond acceptors (Lipinski definition) is 3. The van der Waals surface area contributed by atoms with Crippen molar-refractivity contribution in [3.63, 3.8) is 0 Å². The van der Waals surface area contributed by atoms with Gasteiger partial charge in [-0.3, -0.25) is 4.79 Å². The van der Waals surface area contributed by atoms with Gasteiger partial charge in [0.25, 0.3) is 0 Å². The molecule has 0 aliphatic heterocycles. The van der Waals surface area contributed by atoms with E-state index in [1.807, 2.05) is 6.07 Å². The molecule has 2 rings (SSSR count). The summed E-state index contributed by atoms with van der Waals surface area (Å²) >= 11 is 0. The summed E-state index contributed by atoms with van der Waals surface area (Å²) in [4.78, 5) is 12.1. The Bertz CT molecular complexity index is 624. The summed E-state index contributed by atoms with van der Waals surface area (Å²) in [6.07, 6.45) is 0.294. The normalized spacial score (nSPS) is 9.68. The van der Waals surface area contributed by atoms with Crippen LogP contribution in [-0.4, -0.2) is 12.9 Å². The molecular weight excluding hydrogens is 238 g/mol. The molecule has 0 fully saturated rings. The Labute approximate surface area is 112 Å². The van der Waals surface area contributed by atoms with Crippen LogP contribution in [0.2, 0.25) is 0 Å². The lowest BCUT2D eigenvalue weighted by Gasteiger charge is -2.03. The smallest absolute Gasteiger partial charge is 0.167 e. The first-order valence-corrected chi connectivity index (χ1v) is 5.89. The maximum atomic E-state index is 12.1. The van der Waals surface area contributed by atoms with E-state index in [1.165, 1.54) is 0 Å². The van der Waals surface area contributed by atoms with Crippen LogP contribution in [-0.2, 0) is 6.42 Å². The lowest BCUT2D eigenvalue weighted by molar-refractivity contribution is 0.0993. The number of Topliss-reactive ketones (excluding diaryl/α,β-unsaturated/α-hetero) is 1. The van der Waals surface area contributed by atoms with Crippen LogP contribution in [0.25, 0.3) is 0 Å². The average molecular weight is 251 g/mol. The van der Waals surface area contributed by atoms with Gasteiger partial charge in [-0.05, 0) is 42.0 Å². The topological polar surface area (TPSA) is 50.1 Å². The molecular formula is C16H13NO2. The summed E-state index contributed by atoms with van der Waals surface area (Å²) in [7, 11) is 1.59. The number of hydrogen-bond donors (Lipinski definition) is 0. The number of nitriles is 1. The van der Waals surface area contributed by atoms with E-state index in [9.17, 15) is 4.79 Å². The molecule has 94 valence electrons. The summed E-state index contributed by atoms with van der Waals surface area (Å²) in [6.45, 7) is 0. The van der Waals surface area contributed by atoms with Gasteiger partial charge in [-0.25, -0.2) is 0 Å². The molecule has 0 aromatic heterocycles. The fourth-order valence-electron chi connectivity index (χ4n) is 1.82. The zero-order valence-corrected chi connectivity index (χ0v) is 10.6. The van der Waals surface area contributed by atoms with Crippen molar-refractivity contribution in [1.82, 2.24) is 0 Å². The first-order valence-electron chi connectivity index (χ1n) is 5.89. The number of carbonyl (C=O) groups excluding carboxylic acids is 1. The fraction of sp³-hybridized carbons (Fsp3) is 0.125. The zero-order valence-electron chi connectivity index (χ0n) is 10.6. The van der Waals surface area contributed by atoms with Crippen LogP contribution in [0.4, 0.5) is 0 Å². The molecule has 19 heavy (non-hydrogen) atoms. The monoisotopic (exact) mass is 251 g/mol. The Morgan fingerprint density at radius 1 is 1.21 bits per heavy atom. The van der Waals surface area contributed by atoms with Gasteiger partial charge in [0, 0.05) is 12.0 Å². The number of ketones is 1. The van der Waals surface area contributed by atoms with Crippen LogP contribution < -0.4 is 4.74 Å². The number of rotatable bonds is 4. The Balaban J connectivity index is 2.13. The van der Waals surface area contributed by atoms with Crippen molar-refractivity contribution in [3.05, 3.63) is 65.2 Å². The first kappa shape index (κ1) is 12.8. The Kier molecular flexibility index (Phi) is 3.94. The van der Waals surface area contributed by atoms with Crippen molar-refractivity contribution >= 4 is 5.78 Å². The molecule has 0 unspecified atom stereocenters. The molecule has 0 spiro atoms. The maximum absolute atomic E-state index is 12.1. The second-order valence-corrected chi connectivity index (χ2v) is 4.14. The highest BCUT2D eigenvalue weighted by molar-refractivity contribution is 5.97. The molecule has 0 saturated carbocycles. The number of methoxy groups -OCH3 is 1. The highest BCUT2D eigenvalue weighted by atomic mass is 16.5. The fourth-order valence-corrected chi connectivity index (χ4v) is 1.82. The highest BCUT2D eigenvalue weighted by Crippen LogP contribution is 2.14. The number of carbonyl (C=O) groups is 1. The van der Waals surface area contributed by atoms with E-state index in [4.69, 9.17) is 10.00 Å². The zero-order chi connectivity index (χ0) is 13.7. The van der Waals surface area contributed by atoms with Crippen molar-refractivity contribution < 1.29 is 9.53 Å². The maximum Gasteiger partial charge on any atom is 0.167 e. The summed E-state index contributed by atoms with van der Waals surface area (Å²) < 4.78 is 5.05.